The summed E-state index contributed by atoms with van der Waals surface area (Å²) in [5, 5.41) is 8.56. The van der Waals surface area contributed by atoms with Gasteiger partial charge >= 0.3 is 5.97 Å². The summed E-state index contributed by atoms with van der Waals surface area (Å²) in [7, 11) is 1.18. The largest absolute Gasteiger partial charge is 0.494 e. The zero-order valence-corrected chi connectivity index (χ0v) is 7.88. The van der Waals surface area contributed by atoms with E-state index in [0.717, 1.165) is 12.1 Å². The molecule has 15 heavy (non-hydrogen) atoms. The molecule has 0 heterocycles. The van der Waals surface area contributed by atoms with E-state index in [0.29, 0.717) is 0 Å². The van der Waals surface area contributed by atoms with Gasteiger partial charge in [0.15, 0.2) is 11.6 Å². The van der Waals surface area contributed by atoms with Gasteiger partial charge in [-0.3, -0.25) is 0 Å². The van der Waals surface area contributed by atoms with Crippen LogP contribution in [0.1, 0.15) is 5.56 Å². The van der Waals surface area contributed by atoms with Gasteiger partial charge in [0.2, 0.25) is 0 Å². The summed E-state index contributed by atoms with van der Waals surface area (Å²) in [6.07, 6.45) is 0. The highest BCUT2D eigenvalue weighted by molar-refractivity contribution is 6.14. The second kappa shape index (κ2) is 4.08. The van der Waals surface area contributed by atoms with Crippen molar-refractivity contribution < 1.29 is 23.4 Å². The van der Waals surface area contributed by atoms with Crippen LogP contribution in [0, 0.1) is 11.6 Å². The molecule has 1 N–H and O–H groups in total. The summed E-state index contributed by atoms with van der Waals surface area (Å²) < 4.78 is 30.9. The Bertz CT molecular complexity index is 427. The standard InChI is InChI=1S/C10H8F2O3/c1-5(10(13)14)6-3-8(12)9(15-2)4-7(6)11/h3-4H,1H2,2H3,(H,13,14). The summed E-state index contributed by atoms with van der Waals surface area (Å²) in [6.45, 7) is 3.13. The van der Waals surface area contributed by atoms with E-state index >= 15 is 0 Å². The Kier molecular flexibility index (Phi) is 3.04. The first kappa shape index (κ1) is 11.2. The van der Waals surface area contributed by atoms with Crippen LogP contribution in [0.3, 0.4) is 0 Å². The Balaban J connectivity index is 3.28. The summed E-state index contributed by atoms with van der Waals surface area (Å²) in [5.74, 6) is -3.41. The molecule has 1 aromatic carbocycles. The highest BCUT2D eigenvalue weighted by Gasteiger charge is 2.16. The number of hydrogen-bond donors (Lipinski definition) is 1. The second-order valence-electron chi connectivity index (χ2n) is 2.75. The molecule has 0 aliphatic heterocycles. The summed E-state index contributed by atoms with van der Waals surface area (Å²) in [4.78, 5) is 10.5. The lowest BCUT2D eigenvalue weighted by Gasteiger charge is -2.06. The first-order valence-corrected chi connectivity index (χ1v) is 3.93. The maximum absolute atomic E-state index is 13.3. The zero-order chi connectivity index (χ0) is 11.6. The highest BCUT2D eigenvalue weighted by atomic mass is 19.1. The van der Waals surface area contributed by atoms with E-state index < -0.39 is 23.2 Å². The molecule has 0 radical (unpaired) electrons. The molecule has 0 saturated heterocycles. The lowest BCUT2D eigenvalue weighted by atomic mass is 10.1. The molecule has 3 nitrogen and oxygen atoms in total. The number of aliphatic carboxylic acids is 1. The first-order valence-electron chi connectivity index (χ1n) is 3.93. The lowest BCUT2D eigenvalue weighted by molar-refractivity contribution is -0.130. The molecule has 0 amide bonds. The smallest absolute Gasteiger partial charge is 0.335 e. The second-order valence-corrected chi connectivity index (χ2v) is 2.75. The zero-order valence-electron chi connectivity index (χ0n) is 7.88. The Hall–Kier alpha value is -1.91. The van der Waals surface area contributed by atoms with Crippen molar-refractivity contribution in [3.05, 3.63) is 35.9 Å². The van der Waals surface area contributed by atoms with Gasteiger partial charge in [0.1, 0.15) is 5.82 Å². The van der Waals surface area contributed by atoms with E-state index in [1.807, 2.05) is 0 Å². The van der Waals surface area contributed by atoms with E-state index in [2.05, 4.69) is 11.3 Å². The number of hydrogen-bond acceptors (Lipinski definition) is 2. The fourth-order valence-electron chi connectivity index (χ4n) is 1.03. The van der Waals surface area contributed by atoms with E-state index in [1.54, 1.807) is 0 Å². The minimum atomic E-state index is -1.40. The van der Waals surface area contributed by atoms with Crippen molar-refractivity contribution in [1.29, 1.82) is 0 Å². The van der Waals surface area contributed by atoms with Crippen molar-refractivity contribution in [3.63, 3.8) is 0 Å². The fraction of sp³-hybridized carbons (Fsp3) is 0.100. The third-order valence-electron chi connectivity index (χ3n) is 1.82. The molecule has 80 valence electrons. The molecule has 0 saturated carbocycles. The Morgan fingerprint density at radius 2 is 2.00 bits per heavy atom. The number of halogens is 2. The van der Waals surface area contributed by atoms with Crippen LogP contribution >= 0.6 is 0 Å². The van der Waals surface area contributed by atoms with Crippen LogP contribution in [-0.4, -0.2) is 18.2 Å². The number of carboxylic acids is 1. The molecule has 1 aromatic rings. The van der Waals surface area contributed by atoms with Gasteiger partial charge in [-0.05, 0) is 6.07 Å². The van der Waals surface area contributed by atoms with Gasteiger partial charge in [0, 0.05) is 11.6 Å². The number of ether oxygens (including phenoxy) is 1. The summed E-state index contributed by atoms with van der Waals surface area (Å²) in [5.41, 5.74) is -0.894. The first-order chi connectivity index (χ1) is 6.97. The fourth-order valence-corrected chi connectivity index (χ4v) is 1.03. The number of methoxy groups -OCH3 is 1. The maximum Gasteiger partial charge on any atom is 0.335 e. The van der Waals surface area contributed by atoms with Gasteiger partial charge in [0.25, 0.3) is 0 Å². The molecule has 0 unspecified atom stereocenters. The monoisotopic (exact) mass is 214 g/mol. The van der Waals surface area contributed by atoms with Crippen LogP contribution in [0.25, 0.3) is 5.57 Å². The predicted molar refractivity (Wildman–Crippen MR) is 49.6 cm³/mol. The van der Waals surface area contributed by atoms with Crippen LogP contribution in [-0.2, 0) is 4.79 Å². The van der Waals surface area contributed by atoms with Gasteiger partial charge in [0.05, 0.1) is 12.7 Å². The molecule has 0 bridgehead atoms. The molecule has 0 atom stereocenters. The average Bonchev–Trinajstić information content (AvgIpc) is 2.19. The molecule has 0 aliphatic rings. The van der Waals surface area contributed by atoms with Gasteiger partial charge in [-0.1, -0.05) is 6.58 Å². The van der Waals surface area contributed by atoms with E-state index in [-0.39, 0.29) is 11.3 Å². The molecule has 1 rings (SSSR count). The van der Waals surface area contributed by atoms with Gasteiger partial charge in [-0.15, -0.1) is 0 Å². The van der Waals surface area contributed by atoms with Crippen LogP contribution in [0.4, 0.5) is 8.78 Å². The van der Waals surface area contributed by atoms with E-state index in [4.69, 9.17) is 5.11 Å². The Morgan fingerprint density at radius 1 is 1.40 bits per heavy atom. The molecular weight excluding hydrogens is 206 g/mol. The minimum absolute atomic E-state index is 0.283. The van der Waals surface area contributed by atoms with Gasteiger partial charge in [-0.25, -0.2) is 13.6 Å². The Morgan fingerprint density at radius 3 is 2.47 bits per heavy atom. The number of rotatable bonds is 3. The predicted octanol–water partition coefficient (Wildman–Crippen LogP) is 2.07. The number of benzene rings is 1. The van der Waals surface area contributed by atoms with Crippen molar-refractivity contribution in [2.45, 2.75) is 0 Å². The number of carbonyl (C=O) groups is 1. The summed E-state index contributed by atoms with van der Waals surface area (Å²) >= 11 is 0. The maximum atomic E-state index is 13.3. The minimum Gasteiger partial charge on any atom is -0.494 e. The average molecular weight is 214 g/mol. The molecule has 0 aliphatic carbocycles. The van der Waals surface area contributed by atoms with Crippen molar-refractivity contribution in [2.24, 2.45) is 0 Å². The van der Waals surface area contributed by atoms with Crippen LogP contribution in [0.5, 0.6) is 5.75 Å². The molecular formula is C10H8F2O3. The number of carboxylic acid groups (broad SMARTS) is 1. The highest BCUT2D eigenvalue weighted by Crippen LogP contribution is 2.25. The van der Waals surface area contributed by atoms with Crippen molar-refractivity contribution in [3.8, 4) is 5.75 Å². The molecule has 0 aromatic heterocycles. The van der Waals surface area contributed by atoms with Crippen LogP contribution in [0.2, 0.25) is 0 Å². The van der Waals surface area contributed by atoms with E-state index in [9.17, 15) is 13.6 Å². The lowest BCUT2D eigenvalue weighted by Crippen LogP contribution is -2.02. The van der Waals surface area contributed by atoms with E-state index in [1.165, 1.54) is 7.11 Å². The van der Waals surface area contributed by atoms with Crippen molar-refractivity contribution in [2.75, 3.05) is 7.11 Å². The van der Waals surface area contributed by atoms with Crippen molar-refractivity contribution >= 4 is 11.5 Å². The summed E-state index contributed by atoms with van der Waals surface area (Å²) in [6, 6.07) is 1.52. The van der Waals surface area contributed by atoms with Crippen LogP contribution < -0.4 is 4.74 Å². The molecule has 0 fully saturated rings. The van der Waals surface area contributed by atoms with Crippen molar-refractivity contribution in [1.82, 2.24) is 0 Å². The SMILES string of the molecule is C=C(C(=O)O)c1cc(F)c(OC)cc1F. The quantitative estimate of drug-likeness (QED) is 0.783. The topological polar surface area (TPSA) is 46.5 Å². The molecule has 0 spiro atoms. The van der Waals surface area contributed by atoms with Crippen LogP contribution in [0.15, 0.2) is 18.7 Å². The normalized spacial score (nSPS) is 9.80. The third kappa shape index (κ3) is 2.12. The Labute approximate surface area is 84.6 Å². The molecule has 5 heteroatoms. The third-order valence-corrected chi connectivity index (χ3v) is 1.82. The van der Waals surface area contributed by atoms with Gasteiger partial charge < -0.3 is 9.84 Å². The van der Waals surface area contributed by atoms with Gasteiger partial charge in [-0.2, -0.15) is 0 Å².